The third-order valence-corrected chi connectivity index (χ3v) is 4.48. The summed E-state index contributed by atoms with van der Waals surface area (Å²) in [5.41, 5.74) is 0.527. The number of carbonyl (C=O) groups is 2. The first-order valence-electron chi connectivity index (χ1n) is 9.55. The number of rotatable bonds is 10. The number of nitrogens with zero attached hydrogens (tertiary/aromatic N) is 1. The Morgan fingerprint density at radius 3 is 2.73 bits per heavy atom. The molecule has 7 heteroatoms. The van der Waals surface area contributed by atoms with Gasteiger partial charge in [0.15, 0.2) is 0 Å². The number of amides is 2. The Kier molecular flexibility index (Phi) is 8.64. The molecule has 2 rings (SSSR count). The molecule has 1 aliphatic rings. The Bertz CT molecular complexity index is 539. The Morgan fingerprint density at radius 1 is 1.31 bits per heavy atom. The number of morpholine rings is 1. The number of furan rings is 1. The zero-order chi connectivity index (χ0) is 18.8. The number of nitrogens with one attached hydrogen (secondary N) is 2. The molecule has 1 fully saturated rings. The molecule has 0 bridgehead atoms. The van der Waals surface area contributed by atoms with Crippen molar-refractivity contribution in [3.05, 3.63) is 24.2 Å². The van der Waals surface area contributed by atoms with Crippen molar-refractivity contribution in [3.8, 4) is 0 Å². The highest BCUT2D eigenvalue weighted by atomic mass is 16.5. The van der Waals surface area contributed by atoms with Gasteiger partial charge in [-0.1, -0.05) is 13.8 Å². The van der Waals surface area contributed by atoms with E-state index in [9.17, 15) is 9.59 Å². The molecular weight excluding hydrogens is 334 g/mol. The van der Waals surface area contributed by atoms with Crippen LogP contribution in [0.25, 0.3) is 0 Å². The molecule has 2 heterocycles. The molecule has 1 aromatic rings. The Labute approximate surface area is 155 Å². The van der Waals surface area contributed by atoms with Crippen LogP contribution in [0.1, 0.15) is 37.0 Å². The van der Waals surface area contributed by atoms with Crippen molar-refractivity contribution >= 4 is 11.8 Å². The molecule has 7 nitrogen and oxygen atoms in total. The van der Waals surface area contributed by atoms with Gasteiger partial charge in [-0.05, 0) is 12.0 Å². The van der Waals surface area contributed by atoms with Crippen molar-refractivity contribution in [2.45, 2.75) is 26.7 Å². The molecular formula is C19H32N3O4+. The van der Waals surface area contributed by atoms with E-state index in [0.29, 0.717) is 37.5 Å². The van der Waals surface area contributed by atoms with Gasteiger partial charge in [-0.15, -0.1) is 0 Å². The lowest BCUT2D eigenvalue weighted by Gasteiger charge is -2.24. The summed E-state index contributed by atoms with van der Waals surface area (Å²) in [4.78, 5) is 27.9. The van der Waals surface area contributed by atoms with Gasteiger partial charge in [-0.25, -0.2) is 0 Å². The van der Waals surface area contributed by atoms with Gasteiger partial charge >= 0.3 is 0 Å². The van der Waals surface area contributed by atoms with Crippen molar-refractivity contribution in [2.24, 2.45) is 5.92 Å². The highest BCUT2D eigenvalue weighted by Gasteiger charge is 2.19. The van der Waals surface area contributed by atoms with Crippen LogP contribution >= 0.6 is 0 Å². The Morgan fingerprint density at radius 2 is 2.08 bits per heavy atom. The van der Waals surface area contributed by atoms with E-state index in [4.69, 9.17) is 9.15 Å². The van der Waals surface area contributed by atoms with Crippen molar-refractivity contribution in [1.82, 2.24) is 10.2 Å². The summed E-state index contributed by atoms with van der Waals surface area (Å²) in [7, 11) is 0. The summed E-state index contributed by atoms with van der Waals surface area (Å²) in [6.07, 6.45) is 4.22. The molecule has 1 saturated heterocycles. The van der Waals surface area contributed by atoms with Crippen molar-refractivity contribution in [1.29, 1.82) is 0 Å². The molecule has 0 aromatic carbocycles. The molecule has 0 unspecified atom stereocenters. The van der Waals surface area contributed by atoms with Crippen LogP contribution in [0.4, 0.5) is 0 Å². The molecule has 0 aliphatic carbocycles. The number of quaternary nitrogens is 1. The van der Waals surface area contributed by atoms with Crippen LogP contribution in [0.5, 0.6) is 0 Å². The zero-order valence-electron chi connectivity index (χ0n) is 16.0. The van der Waals surface area contributed by atoms with Gasteiger partial charge < -0.3 is 24.3 Å². The van der Waals surface area contributed by atoms with Gasteiger partial charge in [-0.2, -0.15) is 0 Å². The van der Waals surface area contributed by atoms with E-state index in [0.717, 1.165) is 39.3 Å². The van der Waals surface area contributed by atoms with E-state index in [1.165, 1.54) is 12.5 Å². The van der Waals surface area contributed by atoms with Gasteiger partial charge in [0.25, 0.3) is 5.91 Å². The number of hydrogen-bond donors (Lipinski definition) is 2. The Balaban J connectivity index is 1.67. The fraction of sp³-hybridized carbons (Fsp3) is 0.684. The van der Waals surface area contributed by atoms with Gasteiger partial charge in [-0.3, -0.25) is 9.59 Å². The molecule has 26 heavy (non-hydrogen) atoms. The standard InChI is InChI=1S/C19H31N3O4/c1-16(2)14-22(19(24)17-5-11-26-15-17)8-4-18(23)20-6-3-7-21-9-12-25-13-10-21/h5,11,15-16H,3-4,6-10,12-14H2,1-2H3,(H,20,23)/p+1. The van der Waals surface area contributed by atoms with Crippen LogP contribution in [-0.2, 0) is 9.53 Å². The molecule has 1 aliphatic heterocycles. The minimum atomic E-state index is -0.0869. The fourth-order valence-corrected chi connectivity index (χ4v) is 3.09. The highest BCUT2D eigenvalue weighted by molar-refractivity contribution is 5.94. The smallest absolute Gasteiger partial charge is 0.257 e. The van der Waals surface area contributed by atoms with Crippen LogP contribution in [-0.4, -0.2) is 69.2 Å². The lowest BCUT2D eigenvalue weighted by molar-refractivity contribution is -0.908. The van der Waals surface area contributed by atoms with E-state index in [2.05, 4.69) is 19.2 Å². The van der Waals surface area contributed by atoms with Crippen molar-refractivity contribution in [2.75, 3.05) is 52.5 Å². The monoisotopic (exact) mass is 366 g/mol. The third-order valence-electron chi connectivity index (χ3n) is 4.48. The van der Waals surface area contributed by atoms with Gasteiger partial charge in [0.1, 0.15) is 19.4 Å². The normalized spacial score (nSPS) is 15.2. The van der Waals surface area contributed by atoms with E-state index in [-0.39, 0.29) is 11.8 Å². The zero-order valence-corrected chi connectivity index (χ0v) is 16.0. The molecule has 146 valence electrons. The van der Waals surface area contributed by atoms with Gasteiger partial charge in [0.2, 0.25) is 5.91 Å². The Hall–Kier alpha value is -1.86. The second-order valence-corrected chi connectivity index (χ2v) is 7.22. The minimum absolute atomic E-state index is 0.00396. The van der Waals surface area contributed by atoms with E-state index in [1.54, 1.807) is 15.9 Å². The number of carbonyl (C=O) groups excluding carboxylic acids is 2. The summed E-state index contributed by atoms with van der Waals surface area (Å²) < 4.78 is 10.3. The predicted octanol–water partition coefficient (Wildman–Crippen LogP) is 0.189. The lowest BCUT2D eigenvalue weighted by Crippen LogP contribution is -3.14. The summed E-state index contributed by atoms with van der Waals surface area (Å²) in [5.74, 6) is 0.248. The molecule has 0 radical (unpaired) electrons. The maximum Gasteiger partial charge on any atom is 0.257 e. The van der Waals surface area contributed by atoms with Crippen LogP contribution in [0.3, 0.4) is 0 Å². The van der Waals surface area contributed by atoms with Crippen LogP contribution in [0.15, 0.2) is 23.0 Å². The average molecular weight is 366 g/mol. The predicted molar refractivity (Wildman–Crippen MR) is 98.1 cm³/mol. The van der Waals surface area contributed by atoms with E-state index in [1.807, 2.05) is 0 Å². The molecule has 1 aromatic heterocycles. The molecule has 2 N–H and O–H groups in total. The summed E-state index contributed by atoms with van der Waals surface area (Å²) in [6.45, 7) is 10.7. The number of hydrogen-bond acceptors (Lipinski definition) is 4. The fourth-order valence-electron chi connectivity index (χ4n) is 3.09. The average Bonchev–Trinajstić information content (AvgIpc) is 3.17. The number of ether oxygens (including phenoxy) is 1. The van der Waals surface area contributed by atoms with Crippen molar-refractivity contribution < 1.29 is 23.6 Å². The largest absolute Gasteiger partial charge is 0.472 e. The first-order chi connectivity index (χ1) is 12.6. The second-order valence-electron chi connectivity index (χ2n) is 7.22. The summed E-state index contributed by atoms with van der Waals surface area (Å²) in [5, 5.41) is 2.96. The van der Waals surface area contributed by atoms with E-state index < -0.39 is 0 Å². The third kappa shape index (κ3) is 7.17. The summed E-state index contributed by atoms with van der Waals surface area (Å²) >= 11 is 0. The maximum atomic E-state index is 12.5. The SMILES string of the molecule is CC(C)CN(CCC(=O)NCCC[NH+]1CCOCC1)C(=O)c1ccoc1. The van der Waals surface area contributed by atoms with Crippen LogP contribution in [0.2, 0.25) is 0 Å². The first kappa shape index (κ1) is 20.5. The first-order valence-corrected chi connectivity index (χ1v) is 9.55. The van der Waals surface area contributed by atoms with Crippen molar-refractivity contribution in [3.63, 3.8) is 0 Å². The van der Waals surface area contributed by atoms with Gasteiger partial charge in [0.05, 0.1) is 31.6 Å². The molecule has 0 saturated carbocycles. The lowest BCUT2D eigenvalue weighted by atomic mass is 10.1. The topological polar surface area (TPSA) is 76.2 Å². The molecule has 2 amide bonds. The van der Waals surface area contributed by atoms with Crippen LogP contribution in [0, 0.1) is 5.92 Å². The highest BCUT2D eigenvalue weighted by Crippen LogP contribution is 2.09. The quantitative estimate of drug-likeness (QED) is 0.580. The molecule has 0 atom stereocenters. The molecule has 0 spiro atoms. The minimum Gasteiger partial charge on any atom is -0.472 e. The maximum absolute atomic E-state index is 12.5. The van der Waals surface area contributed by atoms with Gasteiger partial charge in [0, 0.05) is 32.5 Å². The second kappa shape index (κ2) is 11.0. The van der Waals surface area contributed by atoms with E-state index >= 15 is 0 Å². The summed E-state index contributed by atoms with van der Waals surface area (Å²) in [6, 6.07) is 1.66. The van der Waals surface area contributed by atoms with Crippen LogP contribution < -0.4 is 10.2 Å².